The fourth-order valence-electron chi connectivity index (χ4n) is 4.62. The summed E-state index contributed by atoms with van der Waals surface area (Å²) in [6, 6.07) is 13.7. The minimum absolute atomic E-state index is 0.0171. The van der Waals surface area contributed by atoms with Crippen LogP contribution in [0.2, 0.25) is 0 Å². The van der Waals surface area contributed by atoms with E-state index < -0.39 is 12.6 Å². The molecule has 1 saturated heterocycles. The van der Waals surface area contributed by atoms with Crippen LogP contribution in [0.25, 0.3) is 6.08 Å². The molecule has 2 aliphatic rings. The Morgan fingerprint density at radius 2 is 2.00 bits per heavy atom. The summed E-state index contributed by atoms with van der Waals surface area (Å²) in [6.07, 6.45) is 6.31. The quantitative estimate of drug-likeness (QED) is 0.393. The smallest absolute Gasteiger partial charge is 0.341 e. The number of nitrogens with one attached hydrogen (secondary N) is 1. The number of nitrogens with zero attached hydrogens (tertiary/aromatic N) is 1. The van der Waals surface area contributed by atoms with E-state index in [1.165, 1.54) is 25.3 Å². The monoisotopic (exact) mass is 560 g/mol. The van der Waals surface area contributed by atoms with Gasteiger partial charge in [0.15, 0.2) is 23.6 Å². The highest BCUT2D eigenvalue weighted by molar-refractivity contribution is 9.10. The molecule has 1 amide bonds. The first-order valence-corrected chi connectivity index (χ1v) is 13.3. The van der Waals surface area contributed by atoms with E-state index in [1.807, 2.05) is 41.3 Å². The van der Waals surface area contributed by atoms with E-state index in [1.54, 1.807) is 12.1 Å². The molecule has 2 N–H and O–H groups in total. The fraction of sp³-hybridized carbons (Fsp3) is 0.385. The number of thioether (sulfide) groups is 1. The minimum Gasteiger partial charge on any atom is -0.493 e. The van der Waals surface area contributed by atoms with Crippen molar-refractivity contribution in [2.75, 3.05) is 19.0 Å². The van der Waals surface area contributed by atoms with Crippen LogP contribution in [0.4, 0.5) is 5.69 Å². The molecule has 1 saturated carbocycles. The van der Waals surface area contributed by atoms with Gasteiger partial charge in [0.2, 0.25) is 0 Å². The lowest BCUT2D eigenvalue weighted by Crippen LogP contribution is -2.48. The maximum absolute atomic E-state index is 13.7. The van der Waals surface area contributed by atoms with Gasteiger partial charge >= 0.3 is 5.97 Å². The predicted molar refractivity (Wildman–Crippen MR) is 142 cm³/mol. The molecular formula is C26H29BrN2O5S. The van der Waals surface area contributed by atoms with E-state index in [-0.39, 0.29) is 17.4 Å². The number of hydrogen-bond donors (Lipinski definition) is 2. The maximum atomic E-state index is 13.7. The zero-order valence-corrected chi connectivity index (χ0v) is 22.1. The number of aliphatic carboxylic acids is 1. The molecule has 35 heavy (non-hydrogen) atoms. The zero-order chi connectivity index (χ0) is 24.9. The Hall–Kier alpha value is -2.65. The Labute approximate surface area is 218 Å². The predicted octanol–water partition coefficient (Wildman–Crippen LogP) is 5.81. The van der Waals surface area contributed by atoms with E-state index >= 15 is 0 Å². The fourth-order valence-corrected chi connectivity index (χ4v) is 6.40. The number of rotatable bonds is 8. The largest absolute Gasteiger partial charge is 0.493 e. The lowest BCUT2D eigenvalue weighted by Gasteiger charge is -2.39. The summed E-state index contributed by atoms with van der Waals surface area (Å²) in [5.74, 6) is 0.0755. The number of methoxy groups -OCH3 is 1. The average Bonchev–Trinajstić information content (AvgIpc) is 3.13. The topological polar surface area (TPSA) is 88.1 Å². The number of carbonyl (C=O) groups is 2. The van der Waals surface area contributed by atoms with Gasteiger partial charge in [0.1, 0.15) is 0 Å². The molecule has 2 fully saturated rings. The maximum Gasteiger partial charge on any atom is 0.341 e. The van der Waals surface area contributed by atoms with Crippen LogP contribution in [0.5, 0.6) is 11.5 Å². The molecule has 9 heteroatoms. The Bertz CT molecular complexity index is 1110. The molecule has 0 aromatic heterocycles. The van der Waals surface area contributed by atoms with Gasteiger partial charge in [0.25, 0.3) is 5.91 Å². The van der Waals surface area contributed by atoms with Gasteiger partial charge in [-0.2, -0.15) is 0 Å². The Morgan fingerprint density at radius 3 is 2.69 bits per heavy atom. The van der Waals surface area contributed by atoms with Gasteiger partial charge < -0.3 is 24.8 Å². The lowest BCUT2D eigenvalue weighted by atomic mass is 9.85. The number of carboxylic acid groups (broad SMARTS) is 1. The molecule has 2 aromatic carbocycles. The van der Waals surface area contributed by atoms with E-state index in [0.29, 0.717) is 26.8 Å². The van der Waals surface area contributed by atoms with Crippen LogP contribution in [0.15, 0.2) is 51.8 Å². The minimum atomic E-state index is -1.08. The third-order valence-corrected chi connectivity index (χ3v) is 8.02. The highest BCUT2D eigenvalue weighted by Gasteiger charge is 2.42. The summed E-state index contributed by atoms with van der Waals surface area (Å²) in [4.78, 5) is 27.3. The van der Waals surface area contributed by atoms with Crippen LogP contribution in [0, 0.1) is 5.92 Å². The molecule has 1 aliphatic carbocycles. The second-order valence-electron chi connectivity index (χ2n) is 8.75. The lowest BCUT2D eigenvalue weighted by molar-refractivity contribution is -0.139. The van der Waals surface area contributed by atoms with Crippen molar-refractivity contribution < 1.29 is 24.2 Å². The number of benzene rings is 2. The Morgan fingerprint density at radius 1 is 1.26 bits per heavy atom. The molecule has 0 spiro atoms. The molecule has 0 bridgehead atoms. The molecule has 4 rings (SSSR count). The molecule has 3 atom stereocenters. The van der Waals surface area contributed by atoms with E-state index in [2.05, 4.69) is 28.2 Å². The number of carboxylic acids is 1. The van der Waals surface area contributed by atoms with Gasteiger partial charge in [-0.15, -0.1) is 0 Å². The first-order chi connectivity index (χ1) is 16.9. The summed E-state index contributed by atoms with van der Waals surface area (Å²) in [5.41, 5.74) is 1.52. The summed E-state index contributed by atoms with van der Waals surface area (Å²) in [7, 11) is 1.49. The number of carbonyl (C=O) groups excluding carboxylic acids is 1. The van der Waals surface area contributed by atoms with Crippen molar-refractivity contribution in [3.63, 3.8) is 0 Å². The van der Waals surface area contributed by atoms with Crippen molar-refractivity contribution in [3.05, 3.63) is 57.4 Å². The first kappa shape index (κ1) is 25.4. The van der Waals surface area contributed by atoms with E-state index in [9.17, 15) is 9.59 Å². The number of amides is 1. The molecule has 2 aromatic rings. The van der Waals surface area contributed by atoms with Gasteiger partial charge in [-0.3, -0.25) is 4.79 Å². The van der Waals surface area contributed by atoms with Crippen molar-refractivity contribution >= 4 is 51.3 Å². The molecule has 1 heterocycles. The summed E-state index contributed by atoms with van der Waals surface area (Å²) in [6.45, 7) is 1.76. The molecule has 1 aliphatic heterocycles. The van der Waals surface area contributed by atoms with Crippen LogP contribution >= 0.6 is 27.7 Å². The van der Waals surface area contributed by atoms with Crippen LogP contribution in [0.3, 0.4) is 0 Å². The third kappa shape index (κ3) is 5.95. The molecule has 7 nitrogen and oxygen atoms in total. The van der Waals surface area contributed by atoms with E-state index in [4.69, 9.17) is 14.6 Å². The third-order valence-electron chi connectivity index (χ3n) is 6.31. The Balaban J connectivity index is 1.65. The number of para-hydroxylation sites is 1. The molecule has 1 unspecified atom stereocenters. The molecule has 0 radical (unpaired) electrons. The van der Waals surface area contributed by atoms with Crippen molar-refractivity contribution in [1.82, 2.24) is 4.90 Å². The summed E-state index contributed by atoms with van der Waals surface area (Å²) < 4.78 is 11.4. The Kier molecular flexibility index (Phi) is 8.28. The summed E-state index contributed by atoms with van der Waals surface area (Å²) in [5, 5.41) is 12.5. The second-order valence-corrected chi connectivity index (χ2v) is 10.7. The van der Waals surface area contributed by atoms with Crippen LogP contribution in [0.1, 0.15) is 38.2 Å². The average molecular weight is 561 g/mol. The number of halogens is 1. The van der Waals surface area contributed by atoms with Crippen LogP contribution in [-0.4, -0.2) is 47.1 Å². The van der Waals surface area contributed by atoms with Crippen molar-refractivity contribution in [1.29, 1.82) is 0 Å². The molecule has 186 valence electrons. The van der Waals surface area contributed by atoms with E-state index in [0.717, 1.165) is 30.5 Å². The molecular weight excluding hydrogens is 532 g/mol. The first-order valence-electron chi connectivity index (χ1n) is 11.6. The number of anilines is 1. The van der Waals surface area contributed by atoms with Gasteiger partial charge in [0.05, 0.1) is 16.5 Å². The number of hydrogen-bond acceptors (Lipinski definition) is 6. The van der Waals surface area contributed by atoms with Crippen LogP contribution in [-0.2, 0) is 9.59 Å². The highest BCUT2D eigenvalue weighted by Crippen LogP contribution is 2.43. The standard InChI is InChI=1S/C26H29BrN2O5S/c1-16-8-6-7-11-20(16)29-25(32)22(35-26(29)28-18-9-4-3-5-10-18)14-17-12-19(27)24(21(13-17)33-2)34-15-23(30)31/h3-5,9-10,12-14,16,20,26,28H,6-8,11,15H2,1-2H3,(H,30,31)/b22-14-/t16-,20+,26?/m1/s1. The highest BCUT2D eigenvalue weighted by atomic mass is 79.9. The van der Waals surface area contributed by atoms with Crippen LogP contribution < -0.4 is 14.8 Å². The SMILES string of the molecule is COc1cc(/C=C2\SC(Nc3ccccc3)N([C@H]3CCCC[C@H]3C)C2=O)cc(Br)c1OCC(=O)O. The van der Waals surface area contributed by atoms with Gasteiger partial charge in [-0.25, -0.2) is 4.79 Å². The van der Waals surface area contributed by atoms with Gasteiger partial charge in [-0.1, -0.05) is 49.7 Å². The zero-order valence-electron chi connectivity index (χ0n) is 19.7. The van der Waals surface area contributed by atoms with Gasteiger partial charge in [0, 0.05) is 11.7 Å². The van der Waals surface area contributed by atoms with Crippen molar-refractivity contribution in [2.24, 2.45) is 5.92 Å². The van der Waals surface area contributed by atoms with Crippen molar-refractivity contribution in [2.45, 2.75) is 44.1 Å². The van der Waals surface area contributed by atoms with Gasteiger partial charge in [-0.05, 0) is 70.6 Å². The number of ether oxygens (including phenoxy) is 2. The summed E-state index contributed by atoms with van der Waals surface area (Å²) >= 11 is 4.96. The normalized spacial score (nSPS) is 23.4. The second kappa shape index (κ2) is 11.4. The van der Waals surface area contributed by atoms with Crippen molar-refractivity contribution in [3.8, 4) is 11.5 Å².